The Morgan fingerprint density at radius 3 is 2.75 bits per heavy atom. The van der Waals surface area contributed by atoms with Crippen molar-refractivity contribution in [1.82, 2.24) is 9.97 Å². The summed E-state index contributed by atoms with van der Waals surface area (Å²) in [7, 11) is 0. The molecule has 1 fully saturated rings. The van der Waals surface area contributed by atoms with Gasteiger partial charge in [0.1, 0.15) is 0 Å². The van der Waals surface area contributed by atoms with E-state index in [1.165, 1.54) is 71.7 Å². The van der Waals surface area contributed by atoms with Crippen LogP contribution in [0.2, 0.25) is 0 Å². The molecular weight excluding hydrogens is 379 g/mol. The quantitative estimate of drug-likeness (QED) is 0.431. The van der Waals surface area contributed by atoms with E-state index in [0.29, 0.717) is 0 Å². The fraction of sp³-hybridized carbons (Fsp3) is 0.625. The van der Waals surface area contributed by atoms with Gasteiger partial charge in [-0.25, -0.2) is 0 Å². The van der Waals surface area contributed by atoms with Gasteiger partial charge in [0.25, 0.3) is 0 Å². The van der Waals surface area contributed by atoms with Crippen LogP contribution < -0.4 is 21.2 Å². The average molecular weight is 399 g/mol. The molecule has 0 aromatic carbocycles. The fourth-order valence-corrected chi connectivity index (χ4v) is 8.37. The maximum atomic E-state index is 4.73. The Bertz CT molecular complexity index is 616. The van der Waals surface area contributed by atoms with E-state index >= 15 is 0 Å². The van der Waals surface area contributed by atoms with Crippen LogP contribution in [0, 0.1) is 3.70 Å². The molecular formula is C16H20IN2S-. The van der Waals surface area contributed by atoms with Gasteiger partial charge >= 0.3 is 135 Å². The normalized spacial score (nSPS) is 20.4. The van der Waals surface area contributed by atoms with Crippen molar-refractivity contribution in [1.29, 1.82) is 0 Å². The summed E-state index contributed by atoms with van der Waals surface area (Å²) in [5.41, 5.74) is 1.63. The molecule has 2 heterocycles. The first-order valence-corrected chi connectivity index (χ1v) is 10.9. The van der Waals surface area contributed by atoms with Gasteiger partial charge in [0.15, 0.2) is 0 Å². The molecule has 108 valence electrons. The molecule has 2 aromatic heterocycles. The van der Waals surface area contributed by atoms with Crippen LogP contribution in [0.25, 0.3) is 10.2 Å². The summed E-state index contributed by atoms with van der Waals surface area (Å²) >= 11 is 2.01. The number of alkyl halides is 1. The molecule has 2 aliphatic rings. The third kappa shape index (κ3) is 2.49. The van der Waals surface area contributed by atoms with Gasteiger partial charge in [-0.15, -0.1) is 0 Å². The molecule has 0 spiro atoms. The maximum absolute atomic E-state index is 4.73. The van der Waals surface area contributed by atoms with Crippen LogP contribution in [0.4, 0.5) is 0 Å². The molecule has 0 N–H and O–H groups in total. The van der Waals surface area contributed by atoms with Crippen molar-refractivity contribution in [2.75, 3.05) is 0 Å². The number of hydrogen-bond donors (Lipinski definition) is 0. The minimum absolute atomic E-state index is 0.0683. The second kappa shape index (κ2) is 5.87. The summed E-state index contributed by atoms with van der Waals surface area (Å²) in [6.07, 6.45) is 14.3. The zero-order chi connectivity index (χ0) is 13.4. The first-order chi connectivity index (χ1) is 9.92. The second-order valence-corrected chi connectivity index (χ2v) is 10.4. The zero-order valence-corrected chi connectivity index (χ0v) is 14.7. The van der Waals surface area contributed by atoms with E-state index < -0.39 is 0 Å². The Morgan fingerprint density at radius 1 is 1.00 bits per heavy atom. The number of halogens is 1. The van der Waals surface area contributed by atoms with E-state index in [0.717, 1.165) is 3.92 Å². The molecule has 0 aliphatic heterocycles. The van der Waals surface area contributed by atoms with E-state index in [4.69, 9.17) is 4.98 Å². The number of nitrogens with zero attached hydrogens (tertiary/aromatic N) is 2. The van der Waals surface area contributed by atoms with Gasteiger partial charge < -0.3 is 0 Å². The number of fused-ring (bicyclic) bond motifs is 3. The zero-order valence-electron chi connectivity index (χ0n) is 11.7. The van der Waals surface area contributed by atoms with Crippen LogP contribution >= 0.6 is 11.3 Å². The summed E-state index contributed by atoms with van der Waals surface area (Å²) in [6.45, 7) is 0. The van der Waals surface area contributed by atoms with Gasteiger partial charge in [0.2, 0.25) is 0 Å². The first-order valence-electron chi connectivity index (χ1n) is 7.80. The molecule has 0 saturated heterocycles. The molecule has 4 heteroatoms. The van der Waals surface area contributed by atoms with Crippen molar-refractivity contribution in [3.05, 3.63) is 20.5 Å². The monoisotopic (exact) mass is 399 g/mol. The van der Waals surface area contributed by atoms with Crippen LogP contribution in [-0.4, -0.2) is 13.9 Å². The number of aryl methyl sites for hydroxylation is 2. The van der Waals surface area contributed by atoms with Crippen molar-refractivity contribution >= 4 is 21.6 Å². The Labute approximate surface area is 134 Å². The molecule has 2 nitrogen and oxygen atoms in total. The topological polar surface area (TPSA) is 25.8 Å². The molecule has 0 amide bonds. The second-order valence-electron chi connectivity index (χ2n) is 5.90. The minimum atomic E-state index is 0.0683. The SMILES string of the molecule is c1nc([I-]C2CCCCC2)c2c3c(sc2n1)CCCC3. The van der Waals surface area contributed by atoms with E-state index in [9.17, 15) is 0 Å². The molecule has 20 heavy (non-hydrogen) atoms. The van der Waals surface area contributed by atoms with Crippen LogP contribution in [0.15, 0.2) is 6.33 Å². The van der Waals surface area contributed by atoms with Gasteiger partial charge in [0, 0.05) is 0 Å². The van der Waals surface area contributed by atoms with Gasteiger partial charge in [-0.3, -0.25) is 0 Å². The van der Waals surface area contributed by atoms with Crippen molar-refractivity contribution in [3.8, 4) is 0 Å². The summed E-state index contributed by atoms with van der Waals surface area (Å²) in [5.74, 6) is 0. The average Bonchev–Trinajstić information content (AvgIpc) is 2.88. The number of hydrogen-bond acceptors (Lipinski definition) is 3. The van der Waals surface area contributed by atoms with Crippen molar-refractivity contribution in [2.24, 2.45) is 0 Å². The molecule has 4 rings (SSSR count). The van der Waals surface area contributed by atoms with Crippen molar-refractivity contribution in [2.45, 2.75) is 61.7 Å². The summed E-state index contributed by atoms with van der Waals surface area (Å²) in [6, 6.07) is 0. The van der Waals surface area contributed by atoms with Gasteiger partial charge in [-0.05, 0) is 0 Å². The standard InChI is InChI=1S/C16H20IN2S/c1-2-6-11(7-3-1)17-15-14-12-8-4-5-9-13(12)20-16(14)19-10-18-15/h10-11H,1-9H2/q-1. The van der Waals surface area contributed by atoms with Gasteiger partial charge in [-0.1, -0.05) is 0 Å². The third-order valence-corrected chi connectivity index (χ3v) is 9.23. The van der Waals surface area contributed by atoms with Gasteiger partial charge in [0.05, 0.1) is 0 Å². The fourth-order valence-electron chi connectivity index (χ4n) is 3.44. The van der Waals surface area contributed by atoms with Crippen LogP contribution in [0.1, 0.15) is 55.4 Å². The molecule has 2 aromatic rings. The van der Waals surface area contributed by atoms with Gasteiger partial charge in [-0.2, -0.15) is 0 Å². The van der Waals surface area contributed by atoms with E-state index in [2.05, 4.69) is 4.98 Å². The Hall–Kier alpha value is -0.230. The number of aromatic nitrogens is 2. The first kappa shape index (κ1) is 13.4. The molecule has 0 atom stereocenters. The Balaban J connectivity index is 1.72. The van der Waals surface area contributed by atoms with Crippen LogP contribution in [0.5, 0.6) is 0 Å². The predicted octanol–water partition coefficient (Wildman–Crippen LogP) is 1.16. The Kier molecular flexibility index (Phi) is 3.94. The molecule has 0 radical (unpaired) electrons. The molecule has 1 saturated carbocycles. The van der Waals surface area contributed by atoms with E-state index in [1.807, 2.05) is 17.7 Å². The summed E-state index contributed by atoms with van der Waals surface area (Å²) in [5, 5.41) is 1.49. The summed E-state index contributed by atoms with van der Waals surface area (Å²) in [4.78, 5) is 12.2. The van der Waals surface area contributed by atoms with E-state index in [-0.39, 0.29) is 21.2 Å². The predicted molar refractivity (Wildman–Crippen MR) is 79.6 cm³/mol. The molecule has 0 unspecified atom stereocenters. The molecule has 2 aliphatic carbocycles. The van der Waals surface area contributed by atoms with Crippen molar-refractivity contribution < 1.29 is 21.2 Å². The van der Waals surface area contributed by atoms with E-state index in [1.54, 1.807) is 10.4 Å². The number of thiophene rings is 1. The summed E-state index contributed by atoms with van der Waals surface area (Å²) < 4.78 is 2.43. The van der Waals surface area contributed by atoms with Crippen LogP contribution in [-0.2, 0) is 12.8 Å². The molecule has 0 bridgehead atoms. The third-order valence-electron chi connectivity index (χ3n) is 4.50. The Morgan fingerprint density at radius 2 is 1.85 bits per heavy atom. The van der Waals surface area contributed by atoms with Crippen molar-refractivity contribution in [3.63, 3.8) is 0 Å². The number of rotatable bonds is 2. The van der Waals surface area contributed by atoms with Crippen LogP contribution in [0.3, 0.4) is 0 Å².